The molecule has 2 heterocycles. The number of halogens is 1. The van der Waals surface area contributed by atoms with Gasteiger partial charge in [-0.05, 0) is 55.0 Å². The molecule has 2 aromatic heterocycles. The fourth-order valence-corrected chi connectivity index (χ4v) is 6.11. The molecule has 0 spiro atoms. The molecule has 0 saturated carbocycles. The molecule has 1 aliphatic rings. The normalized spacial score (nSPS) is 16.0. The summed E-state index contributed by atoms with van der Waals surface area (Å²) in [7, 11) is 0. The number of carbonyl (C=O) groups is 1. The van der Waals surface area contributed by atoms with Crippen LogP contribution in [0, 0.1) is 5.92 Å². The fourth-order valence-electron chi connectivity index (χ4n) is 3.65. The average Bonchev–Trinajstić information content (AvgIpc) is 3.06. The van der Waals surface area contributed by atoms with E-state index in [2.05, 4.69) is 13.5 Å². The third kappa shape index (κ3) is 4.06. The van der Waals surface area contributed by atoms with Crippen molar-refractivity contribution in [1.82, 2.24) is 9.55 Å². The number of carbonyl (C=O) groups excluding carboxylic acids is 1. The van der Waals surface area contributed by atoms with Crippen molar-refractivity contribution in [2.24, 2.45) is 5.92 Å². The molecule has 29 heavy (non-hydrogen) atoms. The molecular formula is C22H21ClN2O2S2. The molecular weight excluding hydrogens is 424 g/mol. The molecule has 1 aliphatic carbocycles. The van der Waals surface area contributed by atoms with E-state index >= 15 is 0 Å². The summed E-state index contributed by atoms with van der Waals surface area (Å²) < 4.78 is 1.64. The molecule has 0 N–H and O–H groups in total. The topological polar surface area (TPSA) is 52.0 Å². The predicted octanol–water partition coefficient (Wildman–Crippen LogP) is 5.40. The molecule has 1 atom stereocenters. The quantitative estimate of drug-likeness (QED) is 0.221. The number of nitrogens with zero attached hydrogens (tertiary/aromatic N) is 2. The van der Waals surface area contributed by atoms with Crippen molar-refractivity contribution in [2.45, 2.75) is 37.9 Å². The second kappa shape index (κ2) is 8.46. The summed E-state index contributed by atoms with van der Waals surface area (Å²) in [4.78, 5) is 32.7. The van der Waals surface area contributed by atoms with E-state index < -0.39 is 0 Å². The Kier molecular flexibility index (Phi) is 5.95. The highest BCUT2D eigenvalue weighted by Gasteiger charge is 2.24. The molecule has 0 bridgehead atoms. The van der Waals surface area contributed by atoms with E-state index in [1.165, 1.54) is 22.2 Å². The maximum atomic E-state index is 13.3. The zero-order valence-corrected chi connectivity index (χ0v) is 18.5. The summed E-state index contributed by atoms with van der Waals surface area (Å²) in [6.07, 6.45) is 4.74. The van der Waals surface area contributed by atoms with Crippen LogP contribution < -0.4 is 5.56 Å². The Balaban J connectivity index is 1.68. The van der Waals surface area contributed by atoms with Crippen LogP contribution in [0.1, 0.15) is 34.1 Å². The average molecular weight is 445 g/mol. The molecule has 3 aromatic rings. The Hall–Kier alpha value is -1.89. The third-order valence-electron chi connectivity index (χ3n) is 5.19. The zero-order chi connectivity index (χ0) is 20.5. The van der Waals surface area contributed by atoms with E-state index in [1.807, 2.05) is 0 Å². The van der Waals surface area contributed by atoms with E-state index in [4.69, 9.17) is 16.6 Å². The molecule has 0 saturated heterocycles. The maximum absolute atomic E-state index is 13.3. The molecule has 0 unspecified atom stereocenters. The minimum absolute atomic E-state index is 0.0227. The van der Waals surface area contributed by atoms with E-state index in [0.717, 1.165) is 29.5 Å². The van der Waals surface area contributed by atoms with E-state index in [1.54, 1.807) is 46.2 Å². The van der Waals surface area contributed by atoms with Crippen LogP contribution in [0.5, 0.6) is 0 Å². The summed E-state index contributed by atoms with van der Waals surface area (Å²) in [5.74, 6) is 0.820. The maximum Gasteiger partial charge on any atom is 0.263 e. The summed E-state index contributed by atoms with van der Waals surface area (Å²) >= 11 is 8.82. The number of hydrogen-bond donors (Lipinski definition) is 0. The highest BCUT2D eigenvalue weighted by Crippen LogP contribution is 2.36. The first kappa shape index (κ1) is 20.4. The van der Waals surface area contributed by atoms with Gasteiger partial charge in [0.1, 0.15) is 4.83 Å². The first-order valence-electron chi connectivity index (χ1n) is 9.55. The first-order chi connectivity index (χ1) is 14.0. The summed E-state index contributed by atoms with van der Waals surface area (Å²) in [5, 5.41) is 1.92. The largest absolute Gasteiger partial charge is 0.293 e. The lowest BCUT2D eigenvalue weighted by Gasteiger charge is -2.17. The number of aryl methyl sites for hydroxylation is 1. The van der Waals surface area contributed by atoms with Crippen molar-refractivity contribution < 1.29 is 4.79 Å². The fraction of sp³-hybridized carbons (Fsp3) is 0.318. The monoisotopic (exact) mass is 444 g/mol. The summed E-state index contributed by atoms with van der Waals surface area (Å²) in [6.45, 7) is 6.41. The Morgan fingerprint density at radius 2 is 2.17 bits per heavy atom. The number of rotatable bonds is 6. The summed E-state index contributed by atoms with van der Waals surface area (Å²) in [6, 6.07) is 6.84. The number of ketones is 1. The minimum Gasteiger partial charge on any atom is -0.293 e. The molecule has 0 fully saturated rings. The Morgan fingerprint density at radius 1 is 1.41 bits per heavy atom. The van der Waals surface area contributed by atoms with Crippen LogP contribution in [-0.2, 0) is 19.4 Å². The molecule has 4 rings (SSSR count). The van der Waals surface area contributed by atoms with Gasteiger partial charge in [-0.1, -0.05) is 36.4 Å². The number of fused-ring (bicyclic) bond motifs is 3. The SMILES string of the molecule is C=CCn1c(SCC(=O)c2ccc(Cl)cc2)nc2sc3c(c2c1=O)CC[C@@H](C)C3. The lowest BCUT2D eigenvalue weighted by molar-refractivity contribution is 0.102. The first-order valence-corrected chi connectivity index (χ1v) is 11.7. The highest BCUT2D eigenvalue weighted by molar-refractivity contribution is 7.99. The van der Waals surface area contributed by atoms with E-state index in [9.17, 15) is 9.59 Å². The van der Waals surface area contributed by atoms with Crippen LogP contribution in [-0.4, -0.2) is 21.1 Å². The van der Waals surface area contributed by atoms with Gasteiger partial charge in [0.05, 0.1) is 11.1 Å². The van der Waals surface area contributed by atoms with Crippen molar-refractivity contribution in [2.75, 3.05) is 5.75 Å². The molecule has 0 amide bonds. The van der Waals surface area contributed by atoms with Gasteiger partial charge in [0, 0.05) is 22.0 Å². The van der Waals surface area contributed by atoms with Crippen molar-refractivity contribution >= 4 is 50.7 Å². The van der Waals surface area contributed by atoms with Gasteiger partial charge >= 0.3 is 0 Å². The van der Waals surface area contributed by atoms with Gasteiger partial charge in [-0.2, -0.15) is 0 Å². The van der Waals surface area contributed by atoms with Gasteiger partial charge in [0.2, 0.25) is 0 Å². The number of benzene rings is 1. The number of thiophene rings is 1. The van der Waals surface area contributed by atoms with Crippen molar-refractivity contribution in [3.63, 3.8) is 0 Å². The molecule has 7 heteroatoms. The zero-order valence-electron chi connectivity index (χ0n) is 16.1. The van der Waals surface area contributed by atoms with E-state index in [-0.39, 0.29) is 17.1 Å². The van der Waals surface area contributed by atoms with Crippen LogP contribution in [0.25, 0.3) is 10.2 Å². The lowest BCUT2D eigenvalue weighted by atomic mass is 9.89. The number of allylic oxidation sites excluding steroid dienone is 1. The standard InChI is InChI=1S/C22H21ClN2O2S2/c1-3-10-25-21(27)19-16-9-4-13(2)11-18(16)29-20(19)24-22(25)28-12-17(26)14-5-7-15(23)8-6-14/h3,5-8,13H,1,4,9-12H2,2H3/t13-/m1/s1. The Bertz CT molecular complexity index is 1150. The van der Waals surface area contributed by atoms with Crippen molar-refractivity contribution in [3.05, 3.63) is 68.3 Å². The molecule has 150 valence electrons. The number of hydrogen-bond acceptors (Lipinski definition) is 5. The van der Waals surface area contributed by atoms with Gasteiger partial charge in [0.15, 0.2) is 10.9 Å². The molecule has 0 radical (unpaired) electrons. The Labute approximate surface area is 182 Å². The molecule has 1 aromatic carbocycles. The number of Topliss-reactive ketones (excluding diaryl/α,β-unsaturated/α-hetero) is 1. The van der Waals surface area contributed by atoms with Gasteiger partial charge in [-0.3, -0.25) is 14.2 Å². The third-order valence-corrected chi connectivity index (χ3v) is 7.57. The smallest absolute Gasteiger partial charge is 0.263 e. The second-order valence-corrected chi connectivity index (χ2v) is 9.81. The molecule has 4 nitrogen and oxygen atoms in total. The number of aromatic nitrogens is 2. The van der Waals surface area contributed by atoms with Crippen molar-refractivity contribution in [3.8, 4) is 0 Å². The van der Waals surface area contributed by atoms with Crippen LogP contribution >= 0.6 is 34.7 Å². The summed E-state index contributed by atoms with van der Waals surface area (Å²) in [5.41, 5.74) is 1.75. The second-order valence-electron chi connectivity index (χ2n) is 7.35. The van der Waals surface area contributed by atoms with Crippen LogP contribution in [0.4, 0.5) is 0 Å². The van der Waals surface area contributed by atoms with Crippen LogP contribution in [0.2, 0.25) is 5.02 Å². The van der Waals surface area contributed by atoms with Crippen molar-refractivity contribution in [1.29, 1.82) is 0 Å². The molecule has 0 aliphatic heterocycles. The van der Waals surface area contributed by atoms with Gasteiger partial charge < -0.3 is 0 Å². The van der Waals surface area contributed by atoms with Crippen LogP contribution in [0.15, 0.2) is 46.9 Å². The Morgan fingerprint density at radius 3 is 2.90 bits per heavy atom. The highest BCUT2D eigenvalue weighted by atomic mass is 35.5. The predicted molar refractivity (Wildman–Crippen MR) is 122 cm³/mol. The van der Waals surface area contributed by atoms with Gasteiger partial charge in [0.25, 0.3) is 5.56 Å². The van der Waals surface area contributed by atoms with Gasteiger partial charge in [-0.15, -0.1) is 17.9 Å². The lowest BCUT2D eigenvalue weighted by Crippen LogP contribution is -2.24. The van der Waals surface area contributed by atoms with Gasteiger partial charge in [-0.25, -0.2) is 4.98 Å². The van der Waals surface area contributed by atoms with E-state index in [0.29, 0.717) is 28.2 Å². The van der Waals surface area contributed by atoms with Crippen LogP contribution in [0.3, 0.4) is 0 Å². The number of thioether (sulfide) groups is 1. The minimum atomic E-state index is -0.0246.